The molecule has 102 valence electrons. The highest BCUT2D eigenvalue weighted by Crippen LogP contribution is 2.25. The highest BCUT2D eigenvalue weighted by Gasteiger charge is 2.13. The lowest BCUT2D eigenvalue weighted by Crippen LogP contribution is -2.22. The van der Waals surface area contributed by atoms with E-state index in [0.717, 1.165) is 18.5 Å². The first-order valence-corrected chi connectivity index (χ1v) is 7.01. The molecule has 1 N–H and O–H groups in total. The Labute approximate surface area is 123 Å². The van der Waals surface area contributed by atoms with Crippen LogP contribution in [0.4, 0.5) is 0 Å². The van der Waals surface area contributed by atoms with Gasteiger partial charge in [0.15, 0.2) is 0 Å². The zero-order valence-corrected chi connectivity index (χ0v) is 12.5. The lowest BCUT2D eigenvalue weighted by molar-refractivity contribution is 0.549. The lowest BCUT2D eigenvalue weighted by Gasteiger charge is -2.18. The minimum Gasteiger partial charge on any atom is -0.310 e. The molecule has 0 spiro atoms. The summed E-state index contributed by atoms with van der Waals surface area (Å²) in [6.07, 6.45) is 4.77. The second-order valence-corrected chi connectivity index (χ2v) is 5.41. The number of hydrogen-bond acceptors (Lipinski definition) is 2. The van der Waals surface area contributed by atoms with Gasteiger partial charge in [-0.15, -0.1) is 0 Å². The average molecular weight is 298 g/mol. The van der Waals surface area contributed by atoms with Crippen molar-refractivity contribution < 1.29 is 0 Å². The van der Waals surface area contributed by atoms with Crippen molar-refractivity contribution in [1.82, 2.24) is 15.1 Å². The van der Waals surface area contributed by atoms with Crippen LogP contribution < -0.4 is 5.32 Å². The van der Waals surface area contributed by atoms with E-state index >= 15 is 0 Å². The van der Waals surface area contributed by atoms with Gasteiger partial charge in [-0.2, -0.15) is 5.10 Å². The third-order valence-corrected chi connectivity index (χ3v) is 3.37. The molecular weight excluding hydrogens is 281 g/mol. The van der Waals surface area contributed by atoms with Crippen LogP contribution in [0.5, 0.6) is 0 Å². The summed E-state index contributed by atoms with van der Waals surface area (Å²) < 4.78 is 1.81. The van der Waals surface area contributed by atoms with Crippen LogP contribution >= 0.6 is 23.2 Å². The number of nitrogens with zero attached hydrogens (tertiary/aromatic N) is 2. The van der Waals surface area contributed by atoms with E-state index in [0.29, 0.717) is 10.0 Å². The SMILES string of the molecule is CCNC(Cc1cnn(C)c1)c1cc(Cl)cc(Cl)c1. The van der Waals surface area contributed by atoms with E-state index in [-0.39, 0.29) is 6.04 Å². The molecule has 0 bridgehead atoms. The van der Waals surface area contributed by atoms with Gasteiger partial charge in [0.2, 0.25) is 0 Å². The number of aryl methyl sites for hydroxylation is 1. The summed E-state index contributed by atoms with van der Waals surface area (Å²) >= 11 is 12.1. The summed E-state index contributed by atoms with van der Waals surface area (Å²) in [5, 5.41) is 8.98. The highest BCUT2D eigenvalue weighted by molar-refractivity contribution is 6.34. The van der Waals surface area contributed by atoms with Crippen LogP contribution in [0.3, 0.4) is 0 Å². The van der Waals surface area contributed by atoms with E-state index in [4.69, 9.17) is 23.2 Å². The zero-order chi connectivity index (χ0) is 13.8. The average Bonchev–Trinajstić information content (AvgIpc) is 2.73. The largest absolute Gasteiger partial charge is 0.310 e. The fourth-order valence-corrected chi connectivity index (χ4v) is 2.69. The summed E-state index contributed by atoms with van der Waals surface area (Å²) in [4.78, 5) is 0. The molecule has 19 heavy (non-hydrogen) atoms. The Morgan fingerprint density at radius 1 is 1.26 bits per heavy atom. The van der Waals surface area contributed by atoms with Gasteiger partial charge in [0, 0.05) is 29.3 Å². The van der Waals surface area contributed by atoms with Gasteiger partial charge >= 0.3 is 0 Å². The Morgan fingerprint density at radius 2 is 1.95 bits per heavy atom. The standard InChI is InChI=1S/C14H17Cl2N3/c1-3-17-14(4-10-8-18-19(2)9-10)11-5-12(15)7-13(16)6-11/h5-9,14,17H,3-4H2,1-2H3. The van der Waals surface area contributed by atoms with E-state index < -0.39 is 0 Å². The Balaban J connectivity index is 2.23. The quantitative estimate of drug-likeness (QED) is 0.913. The van der Waals surface area contributed by atoms with Crippen LogP contribution in [-0.2, 0) is 13.5 Å². The van der Waals surface area contributed by atoms with Crippen molar-refractivity contribution in [2.45, 2.75) is 19.4 Å². The molecule has 1 unspecified atom stereocenters. The molecule has 3 nitrogen and oxygen atoms in total. The summed E-state index contributed by atoms with van der Waals surface area (Å²) in [6, 6.07) is 5.85. The number of halogens is 2. The van der Waals surface area contributed by atoms with Crippen molar-refractivity contribution >= 4 is 23.2 Å². The van der Waals surface area contributed by atoms with Gasteiger partial charge in [-0.3, -0.25) is 4.68 Å². The van der Waals surface area contributed by atoms with Gasteiger partial charge in [-0.25, -0.2) is 0 Å². The number of aromatic nitrogens is 2. The molecule has 0 saturated heterocycles. The lowest BCUT2D eigenvalue weighted by atomic mass is 10.0. The molecule has 0 aliphatic heterocycles. The summed E-state index contributed by atoms with van der Waals surface area (Å²) in [5.74, 6) is 0. The van der Waals surface area contributed by atoms with Gasteiger partial charge in [-0.05, 0) is 42.3 Å². The van der Waals surface area contributed by atoms with Crippen LogP contribution in [0.2, 0.25) is 10.0 Å². The molecule has 0 saturated carbocycles. The molecule has 1 heterocycles. The maximum absolute atomic E-state index is 6.07. The van der Waals surface area contributed by atoms with E-state index in [2.05, 4.69) is 17.3 Å². The molecule has 0 amide bonds. The molecule has 5 heteroatoms. The monoisotopic (exact) mass is 297 g/mol. The van der Waals surface area contributed by atoms with Gasteiger partial charge in [0.05, 0.1) is 6.20 Å². The Hall–Kier alpha value is -1.03. The second-order valence-electron chi connectivity index (χ2n) is 4.54. The predicted molar refractivity (Wildman–Crippen MR) is 79.8 cm³/mol. The predicted octanol–water partition coefficient (Wildman–Crippen LogP) is 3.62. The van der Waals surface area contributed by atoms with Crippen LogP contribution in [-0.4, -0.2) is 16.3 Å². The molecular formula is C14H17Cl2N3. The molecule has 0 aliphatic carbocycles. The van der Waals surface area contributed by atoms with Crippen LogP contribution in [0.15, 0.2) is 30.6 Å². The fourth-order valence-electron chi connectivity index (χ4n) is 2.14. The van der Waals surface area contributed by atoms with Crippen molar-refractivity contribution in [3.8, 4) is 0 Å². The van der Waals surface area contributed by atoms with Crippen LogP contribution in [0.25, 0.3) is 0 Å². The summed E-state index contributed by atoms with van der Waals surface area (Å²) in [6.45, 7) is 2.97. The number of likely N-dealkylation sites (N-methyl/N-ethyl adjacent to an activating group) is 1. The van der Waals surface area contributed by atoms with Crippen molar-refractivity contribution in [3.63, 3.8) is 0 Å². The summed E-state index contributed by atoms with van der Waals surface area (Å²) in [7, 11) is 1.92. The van der Waals surface area contributed by atoms with E-state index in [1.807, 2.05) is 36.3 Å². The third-order valence-electron chi connectivity index (χ3n) is 2.94. The van der Waals surface area contributed by atoms with E-state index in [1.165, 1.54) is 5.56 Å². The van der Waals surface area contributed by atoms with Gasteiger partial charge < -0.3 is 5.32 Å². The molecule has 1 aromatic heterocycles. The van der Waals surface area contributed by atoms with Crippen molar-refractivity contribution in [2.75, 3.05) is 6.54 Å². The maximum atomic E-state index is 6.07. The molecule has 0 radical (unpaired) electrons. The molecule has 0 fully saturated rings. The summed E-state index contributed by atoms with van der Waals surface area (Å²) in [5.41, 5.74) is 2.28. The minimum atomic E-state index is 0.186. The number of rotatable bonds is 5. The zero-order valence-electron chi connectivity index (χ0n) is 11.0. The van der Waals surface area contributed by atoms with E-state index in [9.17, 15) is 0 Å². The van der Waals surface area contributed by atoms with Crippen molar-refractivity contribution in [1.29, 1.82) is 0 Å². The molecule has 2 aromatic rings. The number of hydrogen-bond donors (Lipinski definition) is 1. The smallest absolute Gasteiger partial charge is 0.0522 e. The first-order chi connectivity index (χ1) is 9.08. The number of nitrogens with one attached hydrogen (secondary N) is 1. The normalized spacial score (nSPS) is 12.6. The highest BCUT2D eigenvalue weighted by atomic mass is 35.5. The van der Waals surface area contributed by atoms with Crippen LogP contribution in [0.1, 0.15) is 24.1 Å². The Morgan fingerprint density at radius 3 is 2.47 bits per heavy atom. The van der Waals surface area contributed by atoms with E-state index in [1.54, 1.807) is 6.07 Å². The molecule has 0 aliphatic rings. The first-order valence-electron chi connectivity index (χ1n) is 6.25. The molecule has 1 atom stereocenters. The van der Waals surface area contributed by atoms with Crippen LogP contribution in [0, 0.1) is 0 Å². The number of benzene rings is 1. The fraction of sp³-hybridized carbons (Fsp3) is 0.357. The van der Waals surface area contributed by atoms with Gasteiger partial charge in [0.1, 0.15) is 0 Å². The van der Waals surface area contributed by atoms with Gasteiger partial charge in [-0.1, -0.05) is 30.1 Å². The molecule has 2 rings (SSSR count). The van der Waals surface area contributed by atoms with Crippen molar-refractivity contribution in [2.24, 2.45) is 7.05 Å². The molecule has 1 aromatic carbocycles. The first kappa shape index (κ1) is 14.4. The topological polar surface area (TPSA) is 29.9 Å². The minimum absolute atomic E-state index is 0.186. The second kappa shape index (κ2) is 6.42. The Kier molecular flexibility index (Phi) is 4.86. The van der Waals surface area contributed by atoms with Crippen molar-refractivity contribution in [3.05, 3.63) is 51.8 Å². The maximum Gasteiger partial charge on any atom is 0.0522 e. The Bertz CT molecular complexity index is 531. The third kappa shape index (κ3) is 3.96. The van der Waals surface area contributed by atoms with Gasteiger partial charge in [0.25, 0.3) is 0 Å².